The number of benzene rings is 1. The van der Waals surface area contributed by atoms with Gasteiger partial charge in [-0.05, 0) is 51.4 Å². The lowest BCUT2D eigenvalue weighted by atomic mass is 10.0. The summed E-state index contributed by atoms with van der Waals surface area (Å²) in [7, 11) is 2.18. The first kappa shape index (κ1) is 19.1. The zero-order chi connectivity index (χ0) is 15.8. The Morgan fingerprint density at radius 1 is 1.33 bits per heavy atom. The zero-order valence-corrected chi connectivity index (χ0v) is 15.7. The predicted octanol–water partition coefficient (Wildman–Crippen LogP) is 4.72. The van der Waals surface area contributed by atoms with Gasteiger partial charge in [0.15, 0.2) is 0 Å². The Balaban J connectivity index is 2.72. The number of nitrogens with zero attached hydrogens (tertiary/aromatic N) is 1. The summed E-state index contributed by atoms with van der Waals surface area (Å²) in [4.78, 5) is 2.40. The zero-order valence-electron chi connectivity index (χ0n) is 13.3. The van der Waals surface area contributed by atoms with E-state index >= 15 is 0 Å². The van der Waals surface area contributed by atoms with Crippen LogP contribution in [0.5, 0.6) is 0 Å². The first-order valence-electron chi connectivity index (χ1n) is 7.37. The molecule has 2 nitrogen and oxygen atoms in total. The monoisotopic (exact) mass is 348 g/mol. The second-order valence-corrected chi connectivity index (χ2v) is 7.02. The summed E-state index contributed by atoms with van der Waals surface area (Å²) >= 11 is 14.4. The standard InChI is InChI=1S/C16H26Cl2N2S/c1-5-19-15(9-10-20(3)12(2)11-21-4)13-7-6-8-14(17)16(13)18/h6-8,12,15,19H,5,9-11H2,1-4H3. The van der Waals surface area contributed by atoms with Gasteiger partial charge < -0.3 is 10.2 Å². The molecule has 0 amide bonds. The Morgan fingerprint density at radius 3 is 2.67 bits per heavy atom. The highest BCUT2D eigenvalue weighted by molar-refractivity contribution is 7.98. The van der Waals surface area contributed by atoms with Gasteiger partial charge in [0.1, 0.15) is 0 Å². The second kappa shape index (κ2) is 9.96. The maximum absolute atomic E-state index is 6.36. The van der Waals surface area contributed by atoms with E-state index in [2.05, 4.69) is 43.4 Å². The molecule has 0 saturated carbocycles. The first-order chi connectivity index (χ1) is 10.0. The van der Waals surface area contributed by atoms with Crippen molar-refractivity contribution in [3.8, 4) is 0 Å². The first-order valence-corrected chi connectivity index (χ1v) is 9.52. The average molecular weight is 349 g/mol. The Kier molecular flexibility index (Phi) is 9.07. The van der Waals surface area contributed by atoms with Crippen LogP contribution >= 0.6 is 35.0 Å². The van der Waals surface area contributed by atoms with E-state index < -0.39 is 0 Å². The van der Waals surface area contributed by atoms with Gasteiger partial charge in [-0.15, -0.1) is 0 Å². The molecular formula is C16H26Cl2N2S. The lowest BCUT2D eigenvalue weighted by Crippen LogP contribution is -2.34. The van der Waals surface area contributed by atoms with Crippen LogP contribution in [0.25, 0.3) is 0 Å². The molecule has 0 heterocycles. The fourth-order valence-corrected chi connectivity index (χ4v) is 3.50. The molecule has 0 fully saturated rings. The van der Waals surface area contributed by atoms with Gasteiger partial charge in [0.05, 0.1) is 10.0 Å². The third kappa shape index (κ3) is 5.99. The van der Waals surface area contributed by atoms with Gasteiger partial charge in [0, 0.05) is 17.8 Å². The summed E-state index contributed by atoms with van der Waals surface area (Å²) in [6.45, 7) is 6.33. The van der Waals surface area contributed by atoms with Gasteiger partial charge in [-0.3, -0.25) is 0 Å². The fraction of sp³-hybridized carbons (Fsp3) is 0.625. The Labute approximate surface area is 143 Å². The Bertz CT molecular complexity index is 429. The lowest BCUT2D eigenvalue weighted by Gasteiger charge is -2.27. The molecule has 0 saturated heterocycles. The molecule has 2 atom stereocenters. The number of nitrogens with one attached hydrogen (secondary N) is 1. The molecule has 2 unspecified atom stereocenters. The maximum Gasteiger partial charge on any atom is 0.0640 e. The van der Waals surface area contributed by atoms with Crippen molar-refractivity contribution in [2.75, 3.05) is 32.1 Å². The topological polar surface area (TPSA) is 15.3 Å². The minimum atomic E-state index is 0.241. The SMILES string of the molecule is CCNC(CCN(C)C(C)CSC)c1cccc(Cl)c1Cl. The van der Waals surface area contributed by atoms with Crippen molar-refractivity contribution in [3.05, 3.63) is 33.8 Å². The van der Waals surface area contributed by atoms with Crippen LogP contribution in [0.1, 0.15) is 31.9 Å². The van der Waals surface area contributed by atoms with Crippen LogP contribution in [-0.2, 0) is 0 Å². The molecule has 0 aliphatic rings. The van der Waals surface area contributed by atoms with Gasteiger partial charge in [0.2, 0.25) is 0 Å². The highest BCUT2D eigenvalue weighted by Gasteiger charge is 2.17. The highest BCUT2D eigenvalue weighted by Crippen LogP contribution is 2.31. The maximum atomic E-state index is 6.36. The fourth-order valence-electron chi connectivity index (χ4n) is 2.33. The summed E-state index contributed by atoms with van der Waals surface area (Å²) in [5, 5.41) is 4.82. The molecule has 1 N–H and O–H groups in total. The smallest absolute Gasteiger partial charge is 0.0640 e. The lowest BCUT2D eigenvalue weighted by molar-refractivity contribution is 0.260. The van der Waals surface area contributed by atoms with Crippen LogP contribution in [0.4, 0.5) is 0 Å². The minimum absolute atomic E-state index is 0.241. The van der Waals surface area contributed by atoms with Crippen LogP contribution < -0.4 is 5.32 Å². The van der Waals surface area contributed by atoms with Crippen molar-refractivity contribution >= 4 is 35.0 Å². The number of hydrogen-bond donors (Lipinski definition) is 1. The summed E-state index contributed by atoms with van der Waals surface area (Å²) in [5.41, 5.74) is 1.09. The molecule has 0 aromatic heterocycles. The third-order valence-electron chi connectivity index (χ3n) is 3.74. The number of halogens is 2. The van der Waals surface area contributed by atoms with Crippen LogP contribution in [-0.4, -0.2) is 43.1 Å². The van der Waals surface area contributed by atoms with Crippen LogP contribution in [0.3, 0.4) is 0 Å². The van der Waals surface area contributed by atoms with E-state index in [1.807, 2.05) is 23.9 Å². The molecule has 0 bridgehead atoms. The molecule has 0 radical (unpaired) electrons. The predicted molar refractivity (Wildman–Crippen MR) is 98.0 cm³/mol. The molecule has 21 heavy (non-hydrogen) atoms. The number of hydrogen-bond acceptors (Lipinski definition) is 3. The van der Waals surface area contributed by atoms with E-state index in [0.717, 1.165) is 30.8 Å². The third-order valence-corrected chi connectivity index (χ3v) is 5.39. The quantitative estimate of drug-likeness (QED) is 0.695. The molecule has 5 heteroatoms. The van der Waals surface area contributed by atoms with E-state index in [0.29, 0.717) is 16.1 Å². The molecule has 0 aliphatic heterocycles. The molecular weight excluding hydrogens is 323 g/mol. The molecule has 1 aromatic rings. The summed E-state index contributed by atoms with van der Waals surface area (Å²) in [5.74, 6) is 1.15. The molecule has 0 spiro atoms. The van der Waals surface area contributed by atoms with Crippen molar-refractivity contribution in [1.82, 2.24) is 10.2 Å². The second-order valence-electron chi connectivity index (χ2n) is 5.33. The van der Waals surface area contributed by atoms with E-state index in [9.17, 15) is 0 Å². The van der Waals surface area contributed by atoms with Crippen molar-refractivity contribution in [2.45, 2.75) is 32.4 Å². The van der Waals surface area contributed by atoms with Gasteiger partial charge >= 0.3 is 0 Å². The van der Waals surface area contributed by atoms with Crippen molar-refractivity contribution in [3.63, 3.8) is 0 Å². The van der Waals surface area contributed by atoms with E-state index in [-0.39, 0.29) is 6.04 Å². The van der Waals surface area contributed by atoms with E-state index in [1.165, 1.54) is 0 Å². The summed E-state index contributed by atoms with van der Waals surface area (Å²) < 4.78 is 0. The van der Waals surface area contributed by atoms with Crippen molar-refractivity contribution in [2.24, 2.45) is 0 Å². The Morgan fingerprint density at radius 2 is 2.05 bits per heavy atom. The van der Waals surface area contributed by atoms with E-state index in [4.69, 9.17) is 23.2 Å². The van der Waals surface area contributed by atoms with Crippen LogP contribution in [0, 0.1) is 0 Å². The van der Waals surface area contributed by atoms with Gasteiger partial charge in [0.25, 0.3) is 0 Å². The minimum Gasteiger partial charge on any atom is -0.310 e. The van der Waals surface area contributed by atoms with Crippen LogP contribution in [0.15, 0.2) is 18.2 Å². The molecule has 0 aliphatic carbocycles. The molecule has 120 valence electrons. The van der Waals surface area contributed by atoms with Gasteiger partial charge in [-0.2, -0.15) is 11.8 Å². The van der Waals surface area contributed by atoms with Crippen molar-refractivity contribution in [1.29, 1.82) is 0 Å². The van der Waals surface area contributed by atoms with Crippen molar-refractivity contribution < 1.29 is 0 Å². The number of rotatable bonds is 9. The average Bonchev–Trinajstić information content (AvgIpc) is 2.46. The van der Waals surface area contributed by atoms with Crippen LogP contribution in [0.2, 0.25) is 10.0 Å². The van der Waals surface area contributed by atoms with Gasteiger partial charge in [-0.1, -0.05) is 42.3 Å². The highest BCUT2D eigenvalue weighted by atomic mass is 35.5. The van der Waals surface area contributed by atoms with Gasteiger partial charge in [-0.25, -0.2) is 0 Å². The number of thioether (sulfide) groups is 1. The normalized spacial score (nSPS) is 14.4. The Hall–Kier alpha value is 0.0700. The van der Waals surface area contributed by atoms with E-state index in [1.54, 1.807) is 0 Å². The summed E-state index contributed by atoms with van der Waals surface area (Å²) in [6.07, 6.45) is 3.17. The summed E-state index contributed by atoms with van der Waals surface area (Å²) in [6, 6.07) is 6.69. The molecule has 1 aromatic carbocycles. The molecule has 1 rings (SSSR count). The largest absolute Gasteiger partial charge is 0.310 e.